The van der Waals surface area contributed by atoms with Crippen LogP contribution in [-0.2, 0) is 7.05 Å². The predicted molar refractivity (Wildman–Crippen MR) is 73.3 cm³/mol. The Morgan fingerprint density at radius 3 is 2.61 bits per heavy atom. The average molecular weight is 251 g/mol. The van der Waals surface area contributed by atoms with Crippen molar-refractivity contribution in [2.75, 3.05) is 26.7 Å². The van der Waals surface area contributed by atoms with Gasteiger partial charge in [-0.2, -0.15) is 5.10 Å². The molecule has 18 heavy (non-hydrogen) atoms. The molecule has 3 unspecified atom stereocenters. The van der Waals surface area contributed by atoms with Gasteiger partial charge in [0.05, 0.1) is 12.2 Å². The van der Waals surface area contributed by atoms with Gasteiger partial charge >= 0.3 is 0 Å². The Labute approximate surface area is 110 Å². The highest BCUT2D eigenvalue weighted by Crippen LogP contribution is 2.27. The molecule has 2 N–H and O–H groups in total. The molecular weight excluding hydrogens is 226 g/mol. The van der Waals surface area contributed by atoms with E-state index in [1.54, 1.807) is 0 Å². The molecule has 1 saturated heterocycles. The Balaban J connectivity index is 2.20. The predicted octanol–water partition coefficient (Wildman–Crippen LogP) is 0.444. The minimum Gasteiger partial charge on any atom is -0.326 e. The number of nitrogens with zero attached hydrogens (tertiary/aromatic N) is 4. The smallest absolute Gasteiger partial charge is 0.0538 e. The van der Waals surface area contributed by atoms with Crippen molar-refractivity contribution in [3.63, 3.8) is 0 Å². The molecule has 0 saturated carbocycles. The standard InChI is InChI=1S/C13H25N5/c1-10-8-16(3)5-6-18(10)13(11(2)14)12-7-15-17(4)9-12/h7,9-11,13H,5-6,8,14H2,1-4H3. The Kier molecular flexibility index (Phi) is 4.04. The summed E-state index contributed by atoms with van der Waals surface area (Å²) in [6.45, 7) is 7.64. The molecule has 0 amide bonds. The number of hydrogen-bond donors (Lipinski definition) is 1. The summed E-state index contributed by atoms with van der Waals surface area (Å²) in [6.07, 6.45) is 4.03. The maximum absolute atomic E-state index is 6.21. The number of aryl methyl sites for hydroxylation is 1. The van der Waals surface area contributed by atoms with Crippen molar-refractivity contribution < 1.29 is 0 Å². The Bertz CT molecular complexity index is 386. The normalized spacial score (nSPS) is 26.2. The number of nitrogens with two attached hydrogens (primary N) is 1. The molecule has 1 aromatic rings. The second kappa shape index (κ2) is 5.38. The molecule has 0 aliphatic carbocycles. The molecule has 102 valence electrons. The second-order valence-electron chi connectivity index (χ2n) is 5.60. The number of rotatable bonds is 3. The molecule has 3 atom stereocenters. The van der Waals surface area contributed by atoms with Gasteiger partial charge < -0.3 is 10.6 Å². The first kappa shape index (κ1) is 13.5. The van der Waals surface area contributed by atoms with Crippen molar-refractivity contribution in [2.24, 2.45) is 12.8 Å². The topological polar surface area (TPSA) is 50.3 Å². The van der Waals surface area contributed by atoms with Gasteiger partial charge in [0.2, 0.25) is 0 Å². The monoisotopic (exact) mass is 251 g/mol. The van der Waals surface area contributed by atoms with Gasteiger partial charge in [0, 0.05) is 50.5 Å². The van der Waals surface area contributed by atoms with E-state index in [9.17, 15) is 0 Å². The number of piperazine rings is 1. The molecule has 1 fully saturated rings. The molecule has 2 heterocycles. The van der Waals surface area contributed by atoms with Crippen molar-refractivity contribution in [1.29, 1.82) is 0 Å². The number of hydrogen-bond acceptors (Lipinski definition) is 4. The minimum absolute atomic E-state index is 0.111. The molecule has 5 heteroatoms. The van der Waals surface area contributed by atoms with E-state index in [1.807, 2.05) is 17.9 Å². The van der Waals surface area contributed by atoms with Crippen LogP contribution < -0.4 is 5.73 Å². The number of aromatic nitrogens is 2. The Morgan fingerprint density at radius 2 is 2.11 bits per heavy atom. The molecule has 0 bridgehead atoms. The summed E-state index contributed by atoms with van der Waals surface area (Å²) in [5.41, 5.74) is 7.44. The summed E-state index contributed by atoms with van der Waals surface area (Å²) in [6, 6.07) is 0.905. The van der Waals surface area contributed by atoms with Gasteiger partial charge in [0.1, 0.15) is 0 Å². The lowest BCUT2D eigenvalue weighted by molar-refractivity contribution is 0.0521. The molecule has 1 aliphatic rings. The summed E-state index contributed by atoms with van der Waals surface area (Å²) in [7, 11) is 4.13. The molecule has 0 spiro atoms. The van der Waals surface area contributed by atoms with E-state index in [-0.39, 0.29) is 12.1 Å². The van der Waals surface area contributed by atoms with Crippen LogP contribution >= 0.6 is 0 Å². The third-order valence-electron chi connectivity index (χ3n) is 3.80. The summed E-state index contributed by atoms with van der Waals surface area (Å²) < 4.78 is 1.85. The van der Waals surface area contributed by atoms with Gasteiger partial charge in [-0.3, -0.25) is 9.58 Å². The fraction of sp³-hybridized carbons (Fsp3) is 0.769. The maximum Gasteiger partial charge on any atom is 0.0538 e. The summed E-state index contributed by atoms with van der Waals surface area (Å²) in [5.74, 6) is 0. The lowest BCUT2D eigenvalue weighted by atomic mass is 9.99. The minimum atomic E-state index is 0.111. The summed E-state index contributed by atoms with van der Waals surface area (Å²) in [5, 5.41) is 4.28. The lowest BCUT2D eigenvalue weighted by Crippen LogP contribution is -2.54. The molecule has 1 aromatic heterocycles. The molecular formula is C13H25N5. The van der Waals surface area contributed by atoms with Crippen LogP contribution in [-0.4, -0.2) is 58.3 Å². The van der Waals surface area contributed by atoms with E-state index < -0.39 is 0 Å². The average Bonchev–Trinajstić information content (AvgIpc) is 2.68. The maximum atomic E-state index is 6.21. The van der Waals surface area contributed by atoms with Gasteiger partial charge in [-0.1, -0.05) is 0 Å². The fourth-order valence-corrected chi connectivity index (χ4v) is 2.96. The second-order valence-corrected chi connectivity index (χ2v) is 5.60. The molecule has 5 nitrogen and oxygen atoms in total. The zero-order valence-electron chi connectivity index (χ0n) is 11.9. The van der Waals surface area contributed by atoms with Crippen molar-refractivity contribution >= 4 is 0 Å². The highest BCUT2D eigenvalue weighted by atomic mass is 15.3. The largest absolute Gasteiger partial charge is 0.326 e. The van der Waals surface area contributed by atoms with E-state index in [4.69, 9.17) is 5.73 Å². The number of likely N-dealkylation sites (N-methyl/N-ethyl adjacent to an activating group) is 1. The van der Waals surface area contributed by atoms with Gasteiger partial charge in [0.25, 0.3) is 0 Å². The highest BCUT2D eigenvalue weighted by molar-refractivity contribution is 5.14. The Hall–Kier alpha value is -0.910. The van der Waals surface area contributed by atoms with Crippen molar-refractivity contribution in [2.45, 2.75) is 32.0 Å². The van der Waals surface area contributed by atoms with E-state index in [1.165, 1.54) is 5.56 Å². The summed E-state index contributed by atoms with van der Waals surface area (Å²) >= 11 is 0. The van der Waals surface area contributed by atoms with E-state index in [0.717, 1.165) is 19.6 Å². The first-order valence-electron chi connectivity index (χ1n) is 6.67. The van der Waals surface area contributed by atoms with Crippen LogP contribution in [0.3, 0.4) is 0 Å². The van der Waals surface area contributed by atoms with Crippen LogP contribution in [0.25, 0.3) is 0 Å². The van der Waals surface area contributed by atoms with Crippen molar-refractivity contribution in [3.8, 4) is 0 Å². The van der Waals surface area contributed by atoms with Crippen molar-refractivity contribution in [3.05, 3.63) is 18.0 Å². The Morgan fingerprint density at radius 1 is 1.39 bits per heavy atom. The van der Waals surface area contributed by atoms with Crippen LogP contribution in [0.4, 0.5) is 0 Å². The van der Waals surface area contributed by atoms with Gasteiger partial charge in [-0.15, -0.1) is 0 Å². The highest BCUT2D eigenvalue weighted by Gasteiger charge is 2.31. The third kappa shape index (κ3) is 2.74. The fourth-order valence-electron chi connectivity index (χ4n) is 2.96. The van der Waals surface area contributed by atoms with Crippen molar-refractivity contribution in [1.82, 2.24) is 19.6 Å². The summed E-state index contributed by atoms with van der Waals surface area (Å²) in [4.78, 5) is 4.89. The van der Waals surface area contributed by atoms with E-state index in [2.05, 4.69) is 42.0 Å². The van der Waals surface area contributed by atoms with Gasteiger partial charge in [-0.25, -0.2) is 0 Å². The zero-order chi connectivity index (χ0) is 13.3. The third-order valence-corrected chi connectivity index (χ3v) is 3.80. The molecule has 1 aliphatic heterocycles. The molecule has 0 aromatic carbocycles. The van der Waals surface area contributed by atoms with Crippen LogP contribution in [0.15, 0.2) is 12.4 Å². The first-order valence-corrected chi connectivity index (χ1v) is 6.67. The van der Waals surface area contributed by atoms with Crippen LogP contribution in [0.2, 0.25) is 0 Å². The van der Waals surface area contributed by atoms with Crippen LogP contribution in [0.5, 0.6) is 0 Å². The van der Waals surface area contributed by atoms with Crippen LogP contribution in [0, 0.1) is 0 Å². The quantitative estimate of drug-likeness (QED) is 0.847. The molecule has 0 radical (unpaired) electrons. The van der Waals surface area contributed by atoms with E-state index >= 15 is 0 Å². The van der Waals surface area contributed by atoms with Gasteiger partial charge in [-0.05, 0) is 20.9 Å². The molecule has 2 rings (SSSR count). The van der Waals surface area contributed by atoms with E-state index in [0.29, 0.717) is 6.04 Å². The zero-order valence-corrected chi connectivity index (χ0v) is 11.9. The van der Waals surface area contributed by atoms with Gasteiger partial charge in [0.15, 0.2) is 0 Å². The lowest BCUT2D eigenvalue weighted by Gasteiger charge is -2.44. The van der Waals surface area contributed by atoms with Crippen LogP contribution in [0.1, 0.15) is 25.5 Å². The SMILES string of the molecule is CC(N)C(c1cnn(C)c1)N1CCN(C)CC1C. The first-order chi connectivity index (χ1) is 8.49.